The maximum Gasteiger partial charge on any atom is 0.573 e. The molecule has 1 atom stereocenters. The van der Waals surface area contributed by atoms with E-state index >= 15 is 0 Å². The first-order chi connectivity index (χ1) is 21.4. The SMILES string of the molecule is CCCc1ccc(C)cc1N1/C(=N/CNC(C)(C)c2ccc(-c3ncn(-c4ccc(OC(F)(F)F)cc4)n3)cc2)SCCC1C. The molecule has 0 aliphatic carbocycles. The highest BCUT2D eigenvalue weighted by Gasteiger charge is 2.31. The second-order valence-corrected chi connectivity index (χ2v) is 12.8. The number of nitrogens with zero attached hydrogens (tertiary/aromatic N) is 5. The van der Waals surface area contributed by atoms with Crippen LogP contribution in [0.1, 0.15) is 57.2 Å². The Bertz CT molecular complexity index is 1620. The quantitative estimate of drug-likeness (QED) is 0.189. The van der Waals surface area contributed by atoms with Gasteiger partial charge >= 0.3 is 6.36 Å². The number of aryl methyl sites for hydroxylation is 2. The molecule has 0 amide bonds. The summed E-state index contributed by atoms with van der Waals surface area (Å²) in [5, 5.41) is 9.19. The number of amidine groups is 1. The molecule has 45 heavy (non-hydrogen) atoms. The minimum atomic E-state index is -4.74. The van der Waals surface area contributed by atoms with Crippen molar-refractivity contribution >= 4 is 22.6 Å². The van der Waals surface area contributed by atoms with Crippen LogP contribution in [0.15, 0.2) is 78.0 Å². The van der Waals surface area contributed by atoms with Crippen molar-refractivity contribution in [3.8, 4) is 22.8 Å². The van der Waals surface area contributed by atoms with Gasteiger partial charge in [0.05, 0.1) is 12.4 Å². The minimum absolute atomic E-state index is 0.290. The van der Waals surface area contributed by atoms with E-state index in [1.807, 2.05) is 36.0 Å². The normalized spacial score (nSPS) is 16.8. The molecule has 1 fully saturated rings. The molecule has 238 valence electrons. The van der Waals surface area contributed by atoms with Gasteiger partial charge in [0, 0.05) is 28.6 Å². The number of rotatable bonds is 10. The van der Waals surface area contributed by atoms with E-state index in [2.05, 4.69) is 77.9 Å². The van der Waals surface area contributed by atoms with Crippen LogP contribution in [-0.2, 0) is 12.0 Å². The third-order valence-electron chi connectivity index (χ3n) is 7.86. The fourth-order valence-corrected chi connectivity index (χ4v) is 6.53. The molecule has 1 aromatic heterocycles. The number of anilines is 1. The van der Waals surface area contributed by atoms with Gasteiger partial charge in [-0.2, -0.15) is 0 Å². The van der Waals surface area contributed by atoms with Crippen molar-refractivity contribution in [2.75, 3.05) is 17.3 Å². The van der Waals surface area contributed by atoms with Crippen LogP contribution in [0.4, 0.5) is 18.9 Å². The van der Waals surface area contributed by atoms with E-state index in [0.717, 1.165) is 41.3 Å². The summed E-state index contributed by atoms with van der Waals surface area (Å²) in [6.07, 6.45) is 0.0537. The number of hydrogen-bond acceptors (Lipinski definition) is 6. The third kappa shape index (κ3) is 8.07. The summed E-state index contributed by atoms with van der Waals surface area (Å²) in [5.41, 5.74) is 6.04. The van der Waals surface area contributed by atoms with Crippen LogP contribution in [0.2, 0.25) is 0 Å². The lowest BCUT2D eigenvalue weighted by atomic mass is 9.93. The topological polar surface area (TPSA) is 67.6 Å². The van der Waals surface area contributed by atoms with Crippen molar-refractivity contribution in [1.82, 2.24) is 20.1 Å². The summed E-state index contributed by atoms with van der Waals surface area (Å²) in [6.45, 7) is 11.4. The maximum absolute atomic E-state index is 12.5. The number of ether oxygens (including phenoxy) is 1. The maximum atomic E-state index is 12.5. The van der Waals surface area contributed by atoms with Crippen molar-refractivity contribution in [1.29, 1.82) is 0 Å². The Kier molecular flexibility index (Phi) is 9.88. The summed E-state index contributed by atoms with van der Waals surface area (Å²) in [6, 6.07) is 20.7. The number of alkyl halides is 3. The minimum Gasteiger partial charge on any atom is -0.406 e. The van der Waals surface area contributed by atoms with Crippen molar-refractivity contribution in [3.63, 3.8) is 0 Å². The fraction of sp³-hybridized carbons (Fsp3) is 0.382. The molecule has 0 spiro atoms. The van der Waals surface area contributed by atoms with E-state index in [1.165, 1.54) is 52.1 Å². The van der Waals surface area contributed by atoms with Gasteiger partial charge in [-0.3, -0.25) is 5.32 Å². The number of thioether (sulfide) groups is 1. The molecule has 4 aromatic rings. The standard InChI is InChI=1S/C34H39F3N6OS/c1-6-7-25-9-8-23(2)20-30(25)43-24(3)18-19-45-32(43)38-21-40-33(4,5)27-12-10-26(11-13-27)31-39-22-42(41-31)28-14-16-29(17-15-28)44-34(35,36)37/h8-17,20,22,24,40H,6-7,18-19,21H2,1-5H3/b38-32-. The number of hydrogen-bond donors (Lipinski definition) is 1. The summed E-state index contributed by atoms with van der Waals surface area (Å²) in [7, 11) is 0. The summed E-state index contributed by atoms with van der Waals surface area (Å²) in [5.74, 6) is 1.27. The van der Waals surface area contributed by atoms with E-state index in [1.54, 1.807) is 0 Å². The summed E-state index contributed by atoms with van der Waals surface area (Å²) in [4.78, 5) is 11.9. The lowest BCUT2D eigenvalue weighted by molar-refractivity contribution is -0.274. The average molecular weight is 637 g/mol. The Hall–Kier alpha value is -3.83. The van der Waals surface area contributed by atoms with E-state index < -0.39 is 6.36 Å². The molecule has 1 saturated heterocycles. The van der Waals surface area contributed by atoms with Crippen molar-refractivity contribution in [2.45, 2.75) is 71.8 Å². The number of aromatic nitrogens is 3. The van der Waals surface area contributed by atoms with Crippen molar-refractivity contribution < 1.29 is 17.9 Å². The van der Waals surface area contributed by atoms with Crippen molar-refractivity contribution in [2.24, 2.45) is 4.99 Å². The molecule has 1 aliphatic heterocycles. The van der Waals surface area contributed by atoms with E-state index in [-0.39, 0.29) is 11.3 Å². The first-order valence-electron chi connectivity index (χ1n) is 15.1. The highest BCUT2D eigenvalue weighted by molar-refractivity contribution is 8.14. The zero-order chi connectivity index (χ0) is 32.2. The number of aliphatic imine (C=N–C) groups is 1. The van der Waals surface area contributed by atoms with Crippen LogP contribution in [0.25, 0.3) is 17.1 Å². The van der Waals surface area contributed by atoms with E-state index in [0.29, 0.717) is 24.2 Å². The molecule has 0 saturated carbocycles. The highest BCUT2D eigenvalue weighted by Crippen LogP contribution is 2.33. The number of halogens is 3. The van der Waals surface area contributed by atoms with Gasteiger partial charge in [-0.15, -0.1) is 18.3 Å². The molecular weight excluding hydrogens is 597 g/mol. The first-order valence-corrected chi connectivity index (χ1v) is 16.1. The number of benzene rings is 3. The Labute approximate surface area is 266 Å². The second-order valence-electron chi connectivity index (χ2n) is 11.8. The summed E-state index contributed by atoms with van der Waals surface area (Å²) >= 11 is 1.82. The molecule has 2 heterocycles. The van der Waals surface area contributed by atoms with Crippen LogP contribution in [0, 0.1) is 6.92 Å². The molecule has 1 aliphatic rings. The Morgan fingerprint density at radius 3 is 2.47 bits per heavy atom. The van der Waals surface area contributed by atoms with Gasteiger partial charge in [-0.1, -0.05) is 61.5 Å². The molecule has 1 unspecified atom stereocenters. The summed E-state index contributed by atoms with van der Waals surface area (Å²) < 4.78 is 42.9. The molecule has 1 N–H and O–H groups in total. The predicted octanol–water partition coefficient (Wildman–Crippen LogP) is 8.26. The third-order valence-corrected chi connectivity index (χ3v) is 8.88. The van der Waals surface area contributed by atoms with E-state index in [4.69, 9.17) is 4.99 Å². The van der Waals surface area contributed by atoms with Gasteiger partial charge in [0.15, 0.2) is 11.0 Å². The zero-order valence-corrected chi connectivity index (χ0v) is 27.0. The predicted molar refractivity (Wildman–Crippen MR) is 176 cm³/mol. The fourth-order valence-electron chi connectivity index (χ4n) is 5.31. The monoisotopic (exact) mass is 636 g/mol. The largest absolute Gasteiger partial charge is 0.573 e. The van der Waals surface area contributed by atoms with Gasteiger partial charge in [0.2, 0.25) is 0 Å². The molecule has 0 bridgehead atoms. The van der Waals surface area contributed by atoms with Gasteiger partial charge in [0.25, 0.3) is 0 Å². The van der Waals surface area contributed by atoms with Crippen LogP contribution >= 0.6 is 11.8 Å². The Balaban J connectivity index is 1.26. The van der Waals surface area contributed by atoms with E-state index in [9.17, 15) is 13.2 Å². The van der Waals surface area contributed by atoms with Crippen LogP contribution in [-0.4, -0.2) is 44.8 Å². The van der Waals surface area contributed by atoms with Gasteiger partial charge < -0.3 is 9.64 Å². The van der Waals surface area contributed by atoms with Crippen LogP contribution in [0.3, 0.4) is 0 Å². The van der Waals surface area contributed by atoms with Crippen molar-refractivity contribution in [3.05, 3.63) is 89.7 Å². The zero-order valence-electron chi connectivity index (χ0n) is 26.2. The number of nitrogens with one attached hydrogen (secondary N) is 1. The average Bonchev–Trinajstić information content (AvgIpc) is 3.49. The lowest BCUT2D eigenvalue weighted by Gasteiger charge is -2.37. The Morgan fingerprint density at radius 1 is 1.04 bits per heavy atom. The molecule has 7 nitrogen and oxygen atoms in total. The molecule has 11 heteroatoms. The van der Waals surface area contributed by atoms with Crippen LogP contribution in [0.5, 0.6) is 5.75 Å². The molecular formula is C34H39F3N6OS. The Morgan fingerprint density at radius 2 is 1.78 bits per heavy atom. The smallest absolute Gasteiger partial charge is 0.406 e. The molecule has 3 aromatic carbocycles. The second kappa shape index (κ2) is 13.7. The highest BCUT2D eigenvalue weighted by atomic mass is 32.2. The van der Waals surface area contributed by atoms with Crippen LogP contribution < -0.4 is 15.0 Å². The van der Waals surface area contributed by atoms with Gasteiger partial charge in [-0.25, -0.2) is 14.7 Å². The van der Waals surface area contributed by atoms with Gasteiger partial charge in [0.1, 0.15) is 12.1 Å². The molecule has 0 radical (unpaired) electrons. The lowest BCUT2D eigenvalue weighted by Crippen LogP contribution is -2.43. The first kappa shape index (κ1) is 32.6. The molecule has 5 rings (SSSR count). The van der Waals surface area contributed by atoms with Gasteiger partial charge in [-0.05, 0) is 87.6 Å².